The van der Waals surface area contributed by atoms with Gasteiger partial charge in [0.2, 0.25) is 0 Å². The molecular weight excluding hydrogens is 467 g/mol. The molecule has 0 spiro atoms. The van der Waals surface area contributed by atoms with E-state index in [0.29, 0.717) is 22.2 Å². The fourth-order valence-electron chi connectivity index (χ4n) is 2.32. The van der Waals surface area contributed by atoms with E-state index in [0.717, 1.165) is 16.8 Å². The number of carbonyl (C=O) groups excluding carboxylic acids is 1. The third-order valence-corrected chi connectivity index (χ3v) is 4.80. The van der Waals surface area contributed by atoms with Gasteiger partial charge in [-0.05, 0) is 6.92 Å². The molecule has 0 bridgehead atoms. The number of amides is 1. The van der Waals surface area contributed by atoms with Crippen LogP contribution in [-0.4, -0.2) is 17.4 Å². The van der Waals surface area contributed by atoms with Crippen molar-refractivity contribution in [3.05, 3.63) is 71.5 Å². The Morgan fingerprint density at radius 1 is 1.20 bits per heavy atom. The third kappa shape index (κ3) is 8.29. The minimum absolute atomic E-state index is 0. The third-order valence-electron chi connectivity index (χ3n) is 3.83. The molecule has 157 valence electrons. The van der Waals surface area contributed by atoms with Gasteiger partial charge in [-0.1, -0.05) is 68.1 Å². The fraction of sp³-hybridized carbons (Fsp3) is 0.292. The molecule has 1 aromatic heterocycles. The molecule has 4 nitrogen and oxygen atoms in total. The number of rotatable bonds is 5. The second kappa shape index (κ2) is 14.4. The molecule has 2 aromatic carbocycles. The van der Waals surface area contributed by atoms with Gasteiger partial charge in [-0.2, -0.15) is 24.3 Å². The van der Waals surface area contributed by atoms with Crippen molar-refractivity contribution < 1.29 is 37.5 Å². The number of aryl methyl sites for hydroxylation is 1. The summed E-state index contributed by atoms with van der Waals surface area (Å²) in [5, 5.41) is 6.85. The number of hydrogen-bond acceptors (Lipinski definition) is 4. The van der Waals surface area contributed by atoms with Crippen LogP contribution in [0.15, 0.2) is 48.5 Å². The predicted molar refractivity (Wildman–Crippen MR) is 124 cm³/mol. The molecule has 1 aliphatic carbocycles. The van der Waals surface area contributed by atoms with Crippen molar-refractivity contribution in [1.29, 1.82) is 0 Å². The van der Waals surface area contributed by atoms with Crippen LogP contribution < -0.4 is 10.6 Å². The molecule has 0 saturated heterocycles. The zero-order valence-electron chi connectivity index (χ0n) is 18.2. The first kappa shape index (κ1) is 26.5. The van der Waals surface area contributed by atoms with Crippen molar-refractivity contribution in [1.82, 2.24) is 10.3 Å². The first-order chi connectivity index (χ1) is 14.2. The van der Waals surface area contributed by atoms with Crippen molar-refractivity contribution in [2.75, 3.05) is 11.9 Å². The Morgan fingerprint density at radius 2 is 1.87 bits per heavy atom. The molecule has 6 heteroatoms. The summed E-state index contributed by atoms with van der Waals surface area (Å²) >= 11 is 1.36. The molecule has 0 aliphatic heterocycles. The predicted octanol–water partition coefficient (Wildman–Crippen LogP) is 6.42. The number of nitrogens with zero attached hydrogens (tertiary/aromatic N) is 1. The summed E-state index contributed by atoms with van der Waals surface area (Å²) < 4.78 is 0. The molecule has 1 saturated carbocycles. The summed E-state index contributed by atoms with van der Waals surface area (Å²) in [5.74, 6) is -0.0988. The number of aromatic nitrogens is 1. The zero-order chi connectivity index (χ0) is 21.1. The van der Waals surface area contributed by atoms with Crippen LogP contribution in [0.2, 0.25) is 0 Å². The van der Waals surface area contributed by atoms with E-state index >= 15 is 0 Å². The minimum atomic E-state index is -0.0988. The molecule has 1 fully saturated rings. The van der Waals surface area contributed by atoms with Gasteiger partial charge >= 0.3 is 0 Å². The summed E-state index contributed by atoms with van der Waals surface area (Å²) in [5.41, 5.74) is 3.67. The SMILES string of the molecule is CC.CCNC(=O)c1sc(Nc2c[c-]ccc2C)nc1-c1ccccc1.[CH-]1CC1.[Y]. The van der Waals surface area contributed by atoms with Crippen LogP contribution in [0.4, 0.5) is 10.8 Å². The van der Waals surface area contributed by atoms with E-state index in [1.54, 1.807) is 0 Å². The van der Waals surface area contributed by atoms with Gasteiger partial charge in [-0.3, -0.25) is 4.79 Å². The second-order valence-corrected chi connectivity index (χ2v) is 7.15. The van der Waals surface area contributed by atoms with E-state index in [2.05, 4.69) is 28.1 Å². The molecular formula is C24H29N3OSY-2. The Morgan fingerprint density at radius 3 is 2.43 bits per heavy atom. The molecule has 0 atom stereocenters. The first-order valence-electron chi connectivity index (χ1n) is 10.1. The van der Waals surface area contributed by atoms with Crippen LogP contribution in [0.1, 0.15) is 48.8 Å². The number of thiazole rings is 1. The van der Waals surface area contributed by atoms with Gasteiger partial charge in [0.1, 0.15) is 4.88 Å². The maximum Gasteiger partial charge on any atom is 0.263 e. The summed E-state index contributed by atoms with van der Waals surface area (Å²) in [4.78, 5) is 17.7. The van der Waals surface area contributed by atoms with E-state index < -0.39 is 0 Å². The summed E-state index contributed by atoms with van der Waals surface area (Å²) in [6, 6.07) is 18.6. The van der Waals surface area contributed by atoms with E-state index in [4.69, 9.17) is 0 Å². The molecule has 1 radical (unpaired) electrons. The van der Waals surface area contributed by atoms with E-state index in [-0.39, 0.29) is 38.6 Å². The Bertz CT molecular complexity index is 892. The first-order valence-corrected chi connectivity index (χ1v) is 10.9. The second-order valence-electron chi connectivity index (χ2n) is 6.15. The summed E-state index contributed by atoms with van der Waals surface area (Å²) in [6.07, 6.45) is 5.00. The van der Waals surface area contributed by atoms with Crippen LogP contribution in [0.25, 0.3) is 11.3 Å². The van der Waals surface area contributed by atoms with Crippen molar-refractivity contribution in [3.8, 4) is 11.3 Å². The van der Waals surface area contributed by atoms with Gasteiger partial charge in [0.05, 0.1) is 5.69 Å². The van der Waals surface area contributed by atoms with Crippen LogP contribution in [0.3, 0.4) is 0 Å². The summed E-state index contributed by atoms with van der Waals surface area (Å²) in [7, 11) is 0. The molecule has 1 aliphatic rings. The Hall–Kier alpha value is -1.56. The number of benzene rings is 2. The van der Waals surface area contributed by atoms with E-state index in [1.807, 2.05) is 76.2 Å². The quantitative estimate of drug-likeness (QED) is 0.401. The standard InChI is InChI=1S/C19H18N3OS.C3H5.C2H6.Y/c1-3-20-18(23)17-16(14-10-5-4-6-11-14)22-19(24-17)21-15-12-8-7-9-13(15)2;1-2-3-1;1-2;/h4-7,9-12H,3H2,1-2H3,(H,20,23)(H,21,22);1H,2-3H2;1-2H3;/q2*-1;;. The van der Waals surface area contributed by atoms with Gasteiger partial charge in [0.25, 0.3) is 5.91 Å². The van der Waals surface area contributed by atoms with Crippen molar-refractivity contribution in [2.24, 2.45) is 0 Å². The average molecular weight is 496 g/mol. The molecule has 1 heterocycles. The van der Waals surface area contributed by atoms with Crippen LogP contribution in [-0.2, 0) is 32.7 Å². The molecule has 1 amide bonds. The van der Waals surface area contributed by atoms with Crippen LogP contribution in [0.5, 0.6) is 0 Å². The normalized spacial score (nSPS) is 10.9. The van der Waals surface area contributed by atoms with Crippen molar-refractivity contribution in [3.63, 3.8) is 0 Å². The van der Waals surface area contributed by atoms with Gasteiger partial charge in [-0.25, -0.2) is 17.8 Å². The van der Waals surface area contributed by atoms with E-state index in [9.17, 15) is 4.79 Å². The maximum absolute atomic E-state index is 12.4. The molecule has 2 N–H and O–H groups in total. The van der Waals surface area contributed by atoms with E-state index in [1.165, 1.54) is 24.2 Å². The minimum Gasteiger partial charge on any atom is -0.385 e. The molecule has 30 heavy (non-hydrogen) atoms. The Kier molecular flexibility index (Phi) is 12.8. The Balaban J connectivity index is 0.000000672. The number of hydrogen-bond donors (Lipinski definition) is 2. The zero-order valence-corrected chi connectivity index (χ0v) is 21.8. The Labute approximate surface area is 209 Å². The largest absolute Gasteiger partial charge is 0.385 e. The van der Waals surface area contributed by atoms with Gasteiger partial charge < -0.3 is 17.1 Å². The van der Waals surface area contributed by atoms with Crippen LogP contribution >= 0.6 is 11.3 Å². The van der Waals surface area contributed by atoms with Gasteiger partial charge in [0, 0.05) is 44.8 Å². The molecule has 3 aromatic rings. The maximum atomic E-state index is 12.4. The van der Waals surface area contributed by atoms with Crippen molar-refractivity contribution in [2.45, 2.75) is 40.5 Å². The fourth-order valence-corrected chi connectivity index (χ4v) is 3.23. The number of carbonyl (C=O) groups is 1. The number of nitrogens with one attached hydrogen (secondary N) is 2. The monoisotopic (exact) mass is 496 g/mol. The van der Waals surface area contributed by atoms with Gasteiger partial charge in [0.15, 0.2) is 5.13 Å². The van der Waals surface area contributed by atoms with Crippen LogP contribution in [0, 0.1) is 19.4 Å². The molecule has 0 unspecified atom stereocenters. The molecule has 4 rings (SSSR count). The average Bonchev–Trinajstić information content (AvgIpc) is 3.59. The summed E-state index contributed by atoms with van der Waals surface area (Å²) in [6.45, 7) is 8.51. The van der Waals surface area contributed by atoms with Crippen molar-refractivity contribution >= 4 is 28.1 Å². The number of anilines is 2. The topological polar surface area (TPSA) is 54.0 Å². The van der Waals surface area contributed by atoms with Gasteiger partial charge in [-0.15, -0.1) is 5.56 Å². The smallest absolute Gasteiger partial charge is 0.263 e.